The Morgan fingerprint density at radius 1 is 0.969 bits per heavy atom. The van der Waals surface area contributed by atoms with E-state index in [1.165, 1.54) is 24.3 Å². The van der Waals surface area contributed by atoms with Crippen LogP contribution >= 0.6 is 0 Å². The lowest BCUT2D eigenvalue weighted by Gasteiger charge is -2.21. The highest BCUT2D eigenvalue weighted by Crippen LogP contribution is 2.35. The number of carboxylic acids is 1. The predicted molar refractivity (Wildman–Crippen MR) is 109 cm³/mol. The number of alkyl halides is 3. The van der Waals surface area contributed by atoms with Crippen LogP contribution in [0.2, 0.25) is 0 Å². The summed E-state index contributed by atoms with van der Waals surface area (Å²) in [7, 11) is 1.67. The molecule has 0 saturated heterocycles. The number of halogens is 4. The highest BCUT2D eigenvalue weighted by Gasteiger charge is 2.38. The van der Waals surface area contributed by atoms with Crippen LogP contribution in [0.4, 0.5) is 29.1 Å². The third-order valence-corrected chi connectivity index (χ3v) is 4.72. The van der Waals surface area contributed by atoms with Crippen molar-refractivity contribution in [3.05, 3.63) is 77.7 Å². The number of benzene rings is 2. The molecule has 4 rings (SSSR count). The first-order valence-electron chi connectivity index (χ1n) is 9.23. The van der Waals surface area contributed by atoms with Crippen LogP contribution in [0.5, 0.6) is 0 Å². The van der Waals surface area contributed by atoms with Crippen LogP contribution in [0.25, 0.3) is 22.4 Å². The van der Waals surface area contributed by atoms with Gasteiger partial charge in [0.1, 0.15) is 17.0 Å². The summed E-state index contributed by atoms with van der Waals surface area (Å²) in [5, 5.41) is 9.27. The van der Waals surface area contributed by atoms with Gasteiger partial charge in [-0.1, -0.05) is 18.2 Å². The number of carboxylic acid groups (broad SMARTS) is 1. The fourth-order valence-corrected chi connectivity index (χ4v) is 3.17. The molecule has 0 fully saturated rings. The van der Waals surface area contributed by atoms with E-state index in [-0.39, 0.29) is 22.7 Å². The first-order valence-corrected chi connectivity index (χ1v) is 9.23. The second kappa shape index (κ2) is 7.88. The summed E-state index contributed by atoms with van der Waals surface area (Å²) in [5.74, 6) is -2.05. The number of rotatable bonds is 4. The Labute approximate surface area is 178 Å². The zero-order valence-corrected chi connectivity index (χ0v) is 16.4. The molecule has 6 nitrogen and oxygen atoms in total. The Bertz CT molecular complexity index is 1310. The van der Waals surface area contributed by atoms with E-state index in [0.29, 0.717) is 11.3 Å². The molecule has 162 valence electrons. The van der Waals surface area contributed by atoms with Gasteiger partial charge in [-0.05, 0) is 42.5 Å². The molecule has 2 aromatic carbocycles. The van der Waals surface area contributed by atoms with Crippen molar-refractivity contribution in [2.24, 2.45) is 0 Å². The molecule has 0 radical (unpaired) electrons. The topological polar surface area (TPSA) is 79.2 Å². The molecule has 2 heterocycles. The maximum absolute atomic E-state index is 13.4. The standard InChI is InChI=1S/C22H14F4N4O2/c1-30(14-5-3-2-4-6-14)20-17(12-7-9-13(23)10-8-12)28-19-16(27-20)11-15(21(31)32)18(29-19)22(24,25)26/h2-11H,1H3,(H,31,32). The minimum Gasteiger partial charge on any atom is -0.478 e. The van der Waals surface area contributed by atoms with Gasteiger partial charge in [-0.25, -0.2) is 24.1 Å². The number of hydrogen-bond acceptors (Lipinski definition) is 5. The largest absolute Gasteiger partial charge is 0.478 e. The van der Waals surface area contributed by atoms with E-state index in [4.69, 9.17) is 0 Å². The normalized spacial score (nSPS) is 11.5. The fraction of sp³-hybridized carbons (Fsp3) is 0.0909. The van der Waals surface area contributed by atoms with E-state index in [2.05, 4.69) is 15.0 Å². The Kier molecular flexibility index (Phi) is 5.21. The summed E-state index contributed by atoms with van der Waals surface area (Å²) in [4.78, 5) is 25.2. The lowest BCUT2D eigenvalue weighted by atomic mass is 10.1. The fourth-order valence-electron chi connectivity index (χ4n) is 3.17. The molecule has 0 saturated carbocycles. The number of hydrogen-bond donors (Lipinski definition) is 1. The van der Waals surface area contributed by atoms with Crippen molar-refractivity contribution >= 4 is 28.6 Å². The molecular formula is C22H14F4N4O2. The van der Waals surface area contributed by atoms with E-state index in [0.717, 1.165) is 6.07 Å². The number of carbonyl (C=O) groups is 1. The van der Waals surface area contributed by atoms with Crippen molar-refractivity contribution in [1.29, 1.82) is 0 Å². The molecule has 0 unspecified atom stereocenters. The predicted octanol–water partition coefficient (Wildman–Crippen LogP) is 5.32. The third-order valence-electron chi connectivity index (χ3n) is 4.72. The third kappa shape index (κ3) is 3.94. The summed E-state index contributed by atoms with van der Waals surface area (Å²) in [5.41, 5.74) is -1.85. The van der Waals surface area contributed by atoms with Crippen molar-refractivity contribution in [2.75, 3.05) is 11.9 Å². The summed E-state index contributed by atoms with van der Waals surface area (Å²) in [6.45, 7) is 0. The van der Waals surface area contributed by atoms with Crippen LogP contribution in [0.15, 0.2) is 60.7 Å². The monoisotopic (exact) mass is 442 g/mol. The number of pyridine rings is 1. The Morgan fingerprint density at radius 2 is 1.62 bits per heavy atom. The summed E-state index contributed by atoms with van der Waals surface area (Å²) < 4.78 is 53.7. The number of aromatic nitrogens is 3. The lowest BCUT2D eigenvalue weighted by molar-refractivity contribution is -0.141. The molecule has 32 heavy (non-hydrogen) atoms. The first-order chi connectivity index (χ1) is 15.1. The van der Waals surface area contributed by atoms with Gasteiger partial charge in [0, 0.05) is 18.3 Å². The number of fused-ring (bicyclic) bond motifs is 1. The molecular weight excluding hydrogens is 428 g/mol. The van der Waals surface area contributed by atoms with Crippen molar-refractivity contribution in [3.8, 4) is 11.3 Å². The number of anilines is 2. The Morgan fingerprint density at radius 3 is 2.22 bits per heavy atom. The molecule has 0 amide bonds. The minimum absolute atomic E-state index is 0.126. The zero-order chi connectivity index (χ0) is 23.0. The number of para-hydroxylation sites is 1. The van der Waals surface area contributed by atoms with Gasteiger partial charge in [-0.15, -0.1) is 0 Å². The number of nitrogens with zero attached hydrogens (tertiary/aromatic N) is 4. The van der Waals surface area contributed by atoms with E-state index in [1.54, 1.807) is 36.2 Å². The van der Waals surface area contributed by atoms with Crippen molar-refractivity contribution in [3.63, 3.8) is 0 Å². The van der Waals surface area contributed by atoms with Gasteiger partial charge in [-0.3, -0.25) is 0 Å². The molecule has 0 spiro atoms. The van der Waals surface area contributed by atoms with Gasteiger partial charge in [-0.2, -0.15) is 13.2 Å². The van der Waals surface area contributed by atoms with Gasteiger partial charge in [0.2, 0.25) is 0 Å². The summed E-state index contributed by atoms with van der Waals surface area (Å²) in [6.07, 6.45) is -5.00. The molecule has 0 aliphatic carbocycles. The molecule has 0 aliphatic heterocycles. The van der Waals surface area contributed by atoms with Crippen LogP contribution in [-0.4, -0.2) is 33.1 Å². The molecule has 10 heteroatoms. The van der Waals surface area contributed by atoms with Crippen LogP contribution in [0.1, 0.15) is 16.1 Å². The second-order valence-corrected chi connectivity index (χ2v) is 6.83. The maximum Gasteiger partial charge on any atom is 0.434 e. The van der Waals surface area contributed by atoms with E-state index >= 15 is 0 Å². The maximum atomic E-state index is 13.4. The summed E-state index contributed by atoms with van der Waals surface area (Å²) in [6, 6.07) is 15.0. The molecule has 2 aromatic heterocycles. The average Bonchev–Trinajstić information content (AvgIpc) is 2.77. The Hall–Kier alpha value is -4.08. The van der Waals surface area contributed by atoms with Crippen molar-refractivity contribution in [1.82, 2.24) is 15.0 Å². The van der Waals surface area contributed by atoms with Gasteiger partial charge < -0.3 is 10.0 Å². The van der Waals surface area contributed by atoms with Crippen LogP contribution in [-0.2, 0) is 6.18 Å². The van der Waals surface area contributed by atoms with E-state index < -0.39 is 29.2 Å². The zero-order valence-electron chi connectivity index (χ0n) is 16.4. The van der Waals surface area contributed by atoms with Crippen LogP contribution in [0, 0.1) is 5.82 Å². The van der Waals surface area contributed by atoms with E-state index in [1.807, 2.05) is 6.07 Å². The smallest absolute Gasteiger partial charge is 0.434 e. The molecule has 0 bridgehead atoms. The van der Waals surface area contributed by atoms with Gasteiger partial charge in [0.15, 0.2) is 17.2 Å². The highest BCUT2D eigenvalue weighted by molar-refractivity contribution is 5.94. The van der Waals surface area contributed by atoms with E-state index in [9.17, 15) is 27.5 Å². The molecule has 0 aliphatic rings. The van der Waals surface area contributed by atoms with Crippen LogP contribution in [0.3, 0.4) is 0 Å². The van der Waals surface area contributed by atoms with Crippen LogP contribution < -0.4 is 4.90 Å². The Balaban J connectivity index is 2.02. The van der Waals surface area contributed by atoms with Crippen molar-refractivity contribution in [2.45, 2.75) is 6.18 Å². The van der Waals surface area contributed by atoms with Crippen molar-refractivity contribution < 1.29 is 27.5 Å². The minimum atomic E-state index is -5.00. The first kappa shape index (κ1) is 21.2. The number of aromatic carboxylic acids is 1. The molecule has 4 aromatic rings. The average molecular weight is 442 g/mol. The molecule has 1 N–H and O–H groups in total. The molecule has 0 atom stereocenters. The second-order valence-electron chi connectivity index (χ2n) is 6.83. The SMILES string of the molecule is CN(c1ccccc1)c1nc2cc(C(=O)O)c(C(F)(F)F)nc2nc1-c1ccc(F)cc1. The van der Waals surface area contributed by atoms with Gasteiger partial charge in [0.05, 0.1) is 5.56 Å². The lowest BCUT2D eigenvalue weighted by Crippen LogP contribution is -2.17. The quantitative estimate of drug-likeness (QED) is 0.431. The summed E-state index contributed by atoms with van der Waals surface area (Å²) >= 11 is 0. The van der Waals surface area contributed by atoms with Gasteiger partial charge in [0.25, 0.3) is 0 Å². The van der Waals surface area contributed by atoms with Gasteiger partial charge >= 0.3 is 12.1 Å². The highest BCUT2D eigenvalue weighted by atomic mass is 19.4.